The van der Waals surface area contributed by atoms with E-state index in [4.69, 9.17) is 0 Å². The lowest BCUT2D eigenvalue weighted by molar-refractivity contribution is -0.550. The zero-order valence-corrected chi connectivity index (χ0v) is 12.3. The Morgan fingerprint density at radius 3 is 1.17 bits per heavy atom. The normalized spacial score (nSPS) is 38.9. The third-order valence-corrected chi connectivity index (χ3v) is 4.40. The average molecular weight is 477 g/mol. The first-order chi connectivity index (χ1) is 12.2. The number of alkyl halides is 18. The molecule has 2 fully saturated rings. The molecule has 0 radical (unpaired) electrons. The topological polar surface area (TPSA) is 3.24 Å². The Morgan fingerprint density at radius 2 is 0.828 bits per heavy atom. The van der Waals surface area contributed by atoms with Crippen molar-refractivity contribution in [1.82, 2.24) is 4.90 Å². The van der Waals surface area contributed by atoms with Crippen molar-refractivity contribution >= 4 is 0 Å². The van der Waals surface area contributed by atoms with Crippen LogP contribution in [0, 0.1) is 0 Å². The molecule has 2 rings (SSSR count). The summed E-state index contributed by atoms with van der Waals surface area (Å²) in [5.74, 6) is -39.4. The van der Waals surface area contributed by atoms with E-state index in [-0.39, 0.29) is 0 Å². The summed E-state index contributed by atoms with van der Waals surface area (Å²) in [7, 11) is 0. The van der Waals surface area contributed by atoms with Crippen LogP contribution in [0.25, 0.3) is 0 Å². The lowest BCUT2D eigenvalue weighted by Gasteiger charge is -2.61. The number of rotatable bonds is 0. The SMILES string of the molecule is FC(F)(F)C1(F)C(F)(F)C2N(C(F)(F)C(F)(F)C(F)(F)C2(F)F)C(F)(F)C1(F)F. The van der Waals surface area contributed by atoms with Gasteiger partial charge in [0.1, 0.15) is 0 Å². The Kier molecular flexibility index (Phi) is 4.23. The Morgan fingerprint density at radius 1 is 0.483 bits per heavy atom. The summed E-state index contributed by atoms with van der Waals surface area (Å²) in [6.45, 7) is 0. The van der Waals surface area contributed by atoms with Gasteiger partial charge in [-0.15, -0.1) is 0 Å². The molecule has 2 saturated heterocycles. The molecule has 172 valence electrons. The highest BCUT2D eigenvalue weighted by atomic mass is 19.4. The van der Waals surface area contributed by atoms with Gasteiger partial charge in [0, 0.05) is 0 Å². The van der Waals surface area contributed by atoms with E-state index >= 15 is 0 Å². The fourth-order valence-corrected chi connectivity index (χ4v) is 2.90. The monoisotopic (exact) mass is 477 g/mol. The Bertz CT molecular complexity index is 704. The Labute approximate surface area is 145 Å². The van der Waals surface area contributed by atoms with Crippen molar-refractivity contribution in [2.24, 2.45) is 0 Å². The van der Waals surface area contributed by atoms with Gasteiger partial charge in [-0.05, 0) is 0 Å². The summed E-state index contributed by atoms with van der Waals surface area (Å²) >= 11 is 0. The second-order valence-corrected chi connectivity index (χ2v) is 5.98. The fraction of sp³-hybridized carbons (Fsp3) is 1.00. The van der Waals surface area contributed by atoms with Crippen molar-refractivity contribution in [3.63, 3.8) is 0 Å². The zero-order chi connectivity index (χ0) is 23.7. The molecule has 0 spiro atoms. The molecule has 0 saturated carbocycles. The largest absolute Gasteiger partial charge is 0.435 e. The van der Waals surface area contributed by atoms with Gasteiger partial charge in [-0.3, -0.25) is 0 Å². The van der Waals surface area contributed by atoms with Crippen molar-refractivity contribution in [3.8, 4) is 0 Å². The first-order valence-electron chi connectivity index (χ1n) is 6.43. The Hall–Kier alpha value is -1.30. The maximum atomic E-state index is 13.8. The molecule has 2 aliphatic heterocycles. The van der Waals surface area contributed by atoms with Crippen LogP contribution >= 0.6 is 0 Å². The van der Waals surface area contributed by atoms with Crippen LogP contribution < -0.4 is 0 Å². The van der Waals surface area contributed by atoms with Crippen molar-refractivity contribution in [3.05, 3.63) is 0 Å². The molecule has 0 aromatic rings. The van der Waals surface area contributed by atoms with Crippen molar-refractivity contribution in [2.75, 3.05) is 0 Å². The van der Waals surface area contributed by atoms with Crippen LogP contribution in [-0.4, -0.2) is 64.5 Å². The summed E-state index contributed by atoms with van der Waals surface area (Å²) in [5.41, 5.74) is -8.15. The van der Waals surface area contributed by atoms with Crippen molar-refractivity contribution < 1.29 is 79.0 Å². The second-order valence-electron chi connectivity index (χ2n) is 5.98. The van der Waals surface area contributed by atoms with Gasteiger partial charge in [-0.25, -0.2) is 13.2 Å². The van der Waals surface area contributed by atoms with Gasteiger partial charge in [-0.2, -0.15) is 70.8 Å². The predicted octanol–water partition coefficient (Wildman–Crippen LogP) is 5.32. The lowest BCUT2D eigenvalue weighted by atomic mass is 9.72. The van der Waals surface area contributed by atoms with E-state index in [2.05, 4.69) is 0 Å². The number of halogens is 18. The van der Waals surface area contributed by atoms with E-state index in [9.17, 15) is 79.0 Å². The number of hydrogen-bond donors (Lipinski definition) is 0. The van der Waals surface area contributed by atoms with Crippen LogP contribution in [0.2, 0.25) is 0 Å². The molecule has 0 aliphatic carbocycles. The molecular formula is C10HF18N. The minimum absolute atomic E-state index is 3.89. The number of piperidine rings is 2. The third-order valence-electron chi connectivity index (χ3n) is 4.40. The lowest BCUT2D eigenvalue weighted by Crippen LogP contribution is -2.93. The fourth-order valence-electron chi connectivity index (χ4n) is 2.90. The number of hydrogen-bond acceptors (Lipinski definition) is 1. The summed E-state index contributed by atoms with van der Waals surface area (Å²) < 4.78 is 240. The molecule has 2 aliphatic rings. The van der Waals surface area contributed by atoms with E-state index in [0.717, 1.165) is 0 Å². The summed E-state index contributed by atoms with van der Waals surface area (Å²) in [6.07, 6.45) is -7.96. The molecule has 19 heteroatoms. The van der Waals surface area contributed by atoms with E-state index in [1.54, 1.807) is 0 Å². The molecule has 29 heavy (non-hydrogen) atoms. The molecule has 0 bridgehead atoms. The van der Waals surface area contributed by atoms with Gasteiger partial charge in [-0.1, -0.05) is 0 Å². The van der Waals surface area contributed by atoms with Gasteiger partial charge >= 0.3 is 53.6 Å². The first-order valence-corrected chi connectivity index (χ1v) is 6.43. The minimum atomic E-state index is -8.15. The molecule has 0 aromatic heterocycles. The molecule has 0 aromatic carbocycles. The molecule has 2 heterocycles. The van der Waals surface area contributed by atoms with E-state index in [1.165, 1.54) is 0 Å². The van der Waals surface area contributed by atoms with Crippen LogP contribution in [0.3, 0.4) is 0 Å². The van der Waals surface area contributed by atoms with Crippen LogP contribution in [-0.2, 0) is 0 Å². The van der Waals surface area contributed by atoms with Crippen LogP contribution in [0.15, 0.2) is 0 Å². The Balaban J connectivity index is 3.08. The van der Waals surface area contributed by atoms with Crippen LogP contribution in [0.1, 0.15) is 0 Å². The first kappa shape index (κ1) is 24.0. The van der Waals surface area contributed by atoms with Crippen LogP contribution in [0.4, 0.5) is 79.0 Å². The number of fused-ring (bicyclic) bond motifs is 1. The number of nitrogens with zero attached hydrogens (tertiary/aromatic N) is 1. The highest BCUT2D eigenvalue weighted by Crippen LogP contribution is 2.73. The van der Waals surface area contributed by atoms with Crippen molar-refractivity contribution in [2.45, 2.75) is 59.6 Å². The van der Waals surface area contributed by atoms with Crippen molar-refractivity contribution in [1.29, 1.82) is 0 Å². The standard InChI is InChI=1S/C10HF18N/c11-2(12)1-3(13,14)5(16,17)7(20,21)10(27,28)29(1)9(25,26)6(18,19)4(2,15)8(22,23)24/h1H. The average Bonchev–Trinajstić information content (AvgIpc) is 2.46. The van der Waals surface area contributed by atoms with Gasteiger partial charge < -0.3 is 0 Å². The molecule has 2 unspecified atom stereocenters. The molecule has 2 atom stereocenters. The quantitative estimate of drug-likeness (QED) is 0.338. The second kappa shape index (κ2) is 5.12. The summed E-state index contributed by atoms with van der Waals surface area (Å²) in [5, 5.41) is 0. The van der Waals surface area contributed by atoms with E-state index in [1.807, 2.05) is 0 Å². The van der Waals surface area contributed by atoms with E-state index < -0.39 is 64.5 Å². The highest BCUT2D eigenvalue weighted by molar-refractivity contribution is 5.30. The van der Waals surface area contributed by atoms with Crippen LogP contribution in [0.5, 0.6) is 0 Å². The maximum Gasteiger partial charge on any atom is 0.435 e. The highest BCUT2D eigenvalue weighted by Gasteiger charge is 3.04. The predicted molar refractivity (Wildman–Crippen MR) is 50.1 cm³/mol. The summed E-state index contributed by atoms with van der Waals surface area (Å²) in [4.78, 5) is -3.89. The van der Waals surface area contributed by atoms with Gasteiger partial charge in [0.05, 0.1) is 0 Å². The zero-order valence-electron chi connectivity index (χ0n) is 12.3. The maximum absolute atomic E-state index is 13.8. The van der Waals surface area contributed by atoms with Gasteiger partial charge in [0.25, 0.3) is 0 Å². The minimum Gasteiger partial charge on any atom is -0.220 e. The molecular weight excluding hydrogens is 476 g/mol. The van der Waals surface area contributed by atoms with E-state index in [0.29, 0.717) is 0 Å². The van der Waals surface area contributed by atoms with Gasteiger partial charge in [0.15, 0.2) is 6.04 Å². The van der Waals surface area contributed by atoms with Gasteiger partial charge in [0.2, 0.25) is 0 Å². The summed E-state index contributed by atoms with van der Waals surface area (Å²) in [6, 6.07) is -22.1. The molecule has 0 N–H and O–H groups in total. The molecule has 1 nitrogen and oxygen atoms in total. The third kappa shape index (κ3) is 2.02. The molecule has 0 amide bonds. The smallest absolute Gasteiger partial charge is 0.220 e.